The Labute approximate surface area is 255 Å². The molecule has 1 aromatic heterocycles. The maximum atomic E-state index is 15.7. The Bertz CT molecular complexity index is 1690. The van der Waals surface area contributed by atoms with Crippen LogP contribution < -0.4 is 30.2 Å². The summed E-state index contributed by atoms with van der Waals surface area (Å²) in [5.74, 6) is -0.816. The molecule has 6 rings (SSSR count). The molecular weight excluding hydrogens is 563 g/mol. The molecule has 3 N–H and O–H groups in total. The number of fused-ring (bicyclic) bond motifs is 2. The van der Waals surface area contributed by atoms with E-state index in [4.69, 9.17) is 19.9 Å². The molecule has 44 heavy (non-hydrogen) atoms. The lowest BCUT2D eigenvalue weighted by atomic mass is 9.86. The number of anilines is 1. The summed E-state index contributed by atoms with van der Waals surface area (Å²) in [6.45, 7) is 2.55. The number of pyridine rings is 1. The minimum atomic E-state index is -1.11. The van der Waals surface area contributed by atoms with Gasteiger partial charge in [-0.15, -0.1) is 0 Å². The predicted molar refractivity (Wildman–Crippen MR) is 165 cm³/mol. The van der Waals surface area contributed by atoms with E-state index < -0.39 is 23.7 Å². The molecule has 0 bridgehead atoms. The highest BCUT2D eigenvalue weighted by atomic mass is 19.1. The van der Waals surface area contributed by atoms with Gasteiger partial charge in [0, 0.05) is 29.4 Å². The normalized spacial score (nSPS) is 16.6. The molecule has 2 heterocycles. The molecule has 1 aliphatic carbocycles. The number of nitrogens with zero attached hydrogens (tertiary/aromatic N) is 2. The van der Waals surface area contributed by atoms with Crippen LogP contribution in [-0.2, 0) is 16.0 Å². The van der Waals surface area contributed by atoms with Gasteiger partial charge in [0.1, 0.15) is 5.75 Å². The second kappa shape index (κ2) is 12.9. The smallest absolute Gasteiger partial charge is 0.316 e. The number of halogens is 1. The fourth-order valence-corrected chi connectivity index (χ4v) is 6.14. The van der Waals surface area contributed by atoms with Crippen LogP contribution in [0.1, 0.15) is 42.9 Å². The predicted octanol–water partition coefficient (Wildman–Crippen LogP) is 5.45. The van der Waals surface area contributed by atoms with Crippen molar-refractivity contribution in [2.75, 3.05) is 31.7 Å². The molecule has 4 aromatic rings. The van der Waals surface area contributed by atoms with Gasteiger partial charge in [0.15, 0.2) is 23.1 Å². The van der Waals surface area contributed by atoms with E-state index >= 15 is 4.39 Å². The van der Waals surface area contributed by atoms with E-state index in [-0.39, 0.29) is 11.4 Å². The van der Waals surface area contributed by atoms with Crippen molar-refractivity contribution in [2.45, 2.75) is 38.1 Å². The number of hydrogen-bond donors (Lipinski definition) is 2. The first-order valence-electron chi connectivity index (χ1n) is 14.9. The van der Waals surface area contributed by atoms with Crippen LogP contribution in [0.25, 0.3) is 10.9 Å². The number of ether oxygens (including phenoxy) is 3. The van der Waals surface area contributed by atoms with Gasteiger partial charge in [-0.1, -0.05) is 24.3 Å². The number of nitrogens with two attached hydrogens (primary N) is 1. The average Bonchev–Trinajstić information content (AvgIpc) is 3.05. The number of amides is 2. The van der Waals surface area contributed by atoms with Crippen LogP contribution in [0.5, 0.6) is 23.0 Å². The van der Waals surface area contributed by atoms with Crippen molar-refractivity contribution >= 4 is 28.4 Å². The first-order valence-corrected chi connectivity index (χ1v) is 14.9. The number of primary amides is 1. The Morgan fingerprint density at radius 2 is 1.82 bits per heavy atom. The van der Waals surface area contributed by atoms with Gasteiger partial charge in [0.05, 0.1) is 25.3 Å². The third kappa shape index (κ3) is 6.03. The molecule has 3 aromatic carbocycles. The van der Waals surface area contributed by atoms with Crippen molar-refractivity contribution in [2.24, 2.45) is 11.7 Å². The van der Waals surface area contributed by atoms with Crippen molar-refractivity contribution in [3.05, 3.63) is 83.8 Å². The summed E-state index contributed by atoms with van der Waals surface area (Å²) in [5, 5.41) is 3.98. The number of nitrogens with one attached hydrogen (secondary N) is 1. The maximum Gasteiger partial charge on any atom is 0.316 e. The molecule has 1 aliphatic heterocycles. The van der Waals surface area contributed by atoms with Gasteiger partial charge in [-0.05, 0) is 86.5 Å². The molecule has 1 atom stereocenters. The number of carbonyl (C=O) groups is 2. The molecule has 0 saturated carbocycles. The number of methoxy groups -OCH3 is 1. The fraction of sp³-hybridized carbons (Fsp3) is 0.324. The van der Waals surface area contributed by atoms with Gasteiger partial charge >= 0.3 is 11.8 Å². The monoisotopic (exact) mass is 598 g/mol. The highest BCUT2D eigenvalue weighted by molar-refractivity contribution is 6.40. The van der Waals surface area contributed by atoms with E-state index in [0.29, 0.717) is 47.1 Å². The average molecular weight is 599 g/mol. The van der Waals surface area contributed by atoms with Gasteiger partial charge in [-0.2, -0.15) is 0 Å². The Kier molecular flexibility index (Phi) is 8.60. The third-order valence-corrected chi connectivity index (χ3v) is 8.41. The third-order valence-electron chi connectivity index (χ3n) is 8.41. The number of aryl methyl sites for hydroxylation is 1. The summed E-state index contributed by atoms with van der Waals surface area (Å²) >= 11 is 0. The number of rotatable bonds is 8. The van der Waals surface area contributed by atoms with Crippen molar-refractivity contribution < 1.29 is 28.2 Å². The van der Waals surface area contributed by atoms with Crippen molar-refractivity contribution in [3.8, 4) is 23.0 Å². The zero-order chi connectivity index (χ0) is 30.6. The van der Waals surface area contributed by atoms with Crippen LogP contribution in [-0.4, -0.2) is 43.6 Å². The largest absolute Gasteiger partial charge is 0.493 e. The van der Waals surface area contributed by atoms with Crippen LogP contribution in [0.15, 0.2) is 66.9 Å². The van der Waals surface area contributed by atoms with Crippen molar-refractivity contribution in [1.29, 1.82) is 0 Å². The summed E-state index contributed by atoms with van der Waals surface area (Å²) in [6, 6.07) is 16.7. The van der Waals surface area contributed by atoms with Crippen LogP contribution in [0, 0.1) is 11.7 Å². The van der Waals surface area contributed by atoms with E-state index in [0.717, 1.165) is 49.9 Å². The van der Waals surface area contributed by atoms with E-state index in [1.807, 2.05) is 24.3 Å². The van der Waals surface area contributed by atoms with Gasteiger partial charge in [0.2, 0.25) is 0 Å². The summed E-state index contributed by atoms with van der Waals surface area (Å²) in [6.07, 6.45) is 5.99. The fourth-order valence-electron chi connectivity index (χ4n) is 6.14. The molecular formula is C34H35FN4O5. The van der Waals surface area contributed by atoms with Crippen LogP contribution in [0.2, 0.25) is 0 Å². The van der Waals surface area contributed by atoms with Crippen molar-refractivity contribution in [3.63, 3.8) is 0 Å². The quantitative estimate of drug-likeness (QED) is 0.259. The topological polar surface area (TPSA) is 116 Å². The lowest BCUT2D eigenvalue weighted by molar-refractivity contribution is -0.136. The molecule has 2 amide bonds. The zero-order valence-electron chi connectivity index (χ0n) is 24.6. The lowest BCUT2D eigenvalue weighted by Crippen LogP contribution is -2.43. The first kappa shape index (κ1) is 29.4. The van der Waals surface area contributed by atoms with E-state index in [9.17, 15) is 9.59 Å². The molecule has 0 unspecified atom stereocenters. The minimum absolute atomic E-state index is 0.0537. The Balaban J connectivity index is 1.28. The van der Waals surface area contributed by atoms with Crippen LogP contribution >= 0.6 is 0 Å². The van der Waals surface area contributed by atoms with E-state index in [1.165, 1.54) is 17.0 Å². The SMILES string of the molecule is COc1cc2c(Oc3ccc(N(C(=O)C(N)=O)[C@H]4CCCc5ccccc54)cc3F)ccnc2cc1OCC1CCNCC1. The van der Waals surface area contributed by atoms with Crippen molar-refractivity contribution in [1.82, 2.24) is 10.3 Å². The molecule has 0 radical (unpaired) electrons. The molecule has 1 saturated heterocycles. The highest BCUT2D eigenvalue weighted by Gasteiger charge is 2.33. The highest BCUT2D eigenvalue weighted by Crippen LogP contribution is 2.41. The number of hydrogen-bond acceptors (Lipinski definition) is 7. The van der Waals surface area contributed by atoms with Crippen LogP contribution in [0.4, 0.5) is 10.1 Å². The van der Waals surface area contributed by atoms with Crippen LogP contribution in [0.3, 0.4) is 0 Å². The van der Waals surface area contributed by atoms with Gasteiger partial charge in [0.25, 0.3) is 0 Å². The van der Waals surface area contributed by atoms with E-state index in [2.05, 4.69) is 10.3 Å². The number of aromatic nitrogens is 1. The van der Waals surface area contributed by atoms with E-state index in [1.54, 1.807) is 37.6 Å². The molecule has 1 fully saturated rings. The Hall–Kier alpha value is -4.70. The summed E-state index contributed by atoms with van der Waals surface area (Å²) in [4.78, 5) is 30.9. The molecule has 10 heteroatoms. The Morgan fingerprint density at radius 1 is 1.00 bits per heavy atom. The first-order chi connectivity index (χ1) is 21.4. The number of benzene rings is 3. The summed E-state index contributed by atoms with van der Waals surface area (Å²) < 4.78 is 33.5. The molecule has 228 valence electrons. The lowest BCUT2D eigenvalue weighted by Gasteiger charge is -2.35. The molecule has 0 spiro atoms. The van der Waals surface area contributed by atoms with Gasteiger partial charge < -0.3 is 25.3 Å². The maximum absolute atomic E-state index is 15.7. The zero-order valence-corrected chi connectivity index (χ0v) is 24.6. The molecule has 9 nitrogen and oxygen atoms in total. The van der Waals surface area contributed by atoms with Gasteiger partial charge in [-0.3, -0.25) is 19.5 Å². The Morgan fingerprint density at radius 3 is 2.59 bits per heavy atom. The van der Waals surface area contributed by atoms with Gasteiger partial charge in [-0.25, -0.2) is 4.39 Å². The summed E-state index contributed by atoms with van der Waals surface area (Å²) in [7, 11) is 1.57. The number of piperidine rings is 1. The second-order valence-corrected chi connectivity index (χ2v) is 11.2. The minimum Gasteiger partial charge on any atom is -0.493 e. The summed E-state index contributed by atoms with van der Waals surface area (Å²) in [5.41, 5.74) is 8.28. The molecule has 2 aliphatic rings. The second-order valence-electron chi connectivity index (χ2n) is 11.2. The number of carbonyl (C=O) groups excluding carboxylic acids is 2. The standard InChI is InChI=1S/C34H35FN4O5/c1-42-31-18-25-27(19-32(31)43-20-21-11-14-37-15-12-21)38-16-13-29(25)44-30-10-9-23(17-26(30)35)39(34(41)33(36)40)28-8-4-6-22-5-2-3-7-24(22)28/h2-3,5,7,9-10,13,16-19,21,28,37H,4,6,8,11-12,14-15,20H2,1H3,(H2,36,40)/t28-/m0/s1.